The largest absolute Gasteiger partial charge is 0.491 e. The van der Waals surface area contributed by atoms with Crippen molar-refractivity contribution in [1.29, 1.82) is 0 Å². The van der Waals surface area contributed by atoms with Crippen molar-refractivity contribution in [3.05, 3.63) is 29.8 Å². The van der Waals surface area contributed by atoms with Gasteiger partial charge in [0.15, 0.2) is 0 Å². The quantitative estimate of drug-likeness (QED) is 0.562. The third-order valence-corrected chi connectivity index (χ3v) is 3.61. The standard InChI is InChI=1S/C17H24N2O6/c1-3-23-15(21)12-5-4-6-14(7-12)24-9-13(20)8-18-10-17(2)11-25-16(22)19-17/h4-7,13,18,20H,3,8-11H2,1-2H3,(H,19,22). The number of carbonyl (C=O) groups excluding carboxylic acids is 2. The van der Waals surface area contributed by atoms with Gasteiger partial charge in [0, 0.05) is 13.1 Å². The zero-order valence-electron chi connectivity index (χ0n) is 14.4. The number of hydrogen-bond acceptors (Lipinski definition) is 7. The predicted octanol–water partition coefficient (Wildman–Crippen LogP) is 0.691. The summed E-state index contributed by atoms with van der Waals surface area (Å²) in [6.45, 7) is 5.01. The molecule has 2 rings (SSSR count). The van der Waals surface area contributed by atoms with E-state index in [1.54, 1.807) is 31.2 Å². The highest BCUT2D eigenvalue weighted by molar-refractivity contribution is 5.89. The summed E-state index contributed by atoms with van der Waals surface area (Å²) in [6, 6.07) is 6.61. The number of esters is 1. The van der Waals surface area contributed by atoms with Crippen LogP contribution >= 0.6 is 0 Å². The highest BCUT2D eigenvalue weighted by atomic mass is 16.6. The van der Waals surface area contributed by atoms with Crippen LogP contribution in [0.4, 0.5) is 4.79 Å². The van der Waals surface area contributed by atoms with Crippen LogP contribution in [0.15, 0.2) is 24.3 Å². The Labute approximate surface area is 146 Å². The molecule has 1 aliphatic rings. The van der Waals surface area contributed by atoms with Crippen molar-refractivity contribution in [1.82, 2.24) is 10.6 Å². The van der Waals surface area contributed by atoms with E-state index in [1.807, 2.05) is 6.92 Å². The molecule has 0 bridgehead atoms. The third-order valence-electron chi connectivity index (χ3n) is 3.61. The van der Waals surface area contributed by atoms with Gasteiger partial charge in [0.1, 0.15) is 25.1 Å². The Morgan fingerprint density at radius 2 is 2.32 bits per heavy atom. The molecular weight excluding hydrogens is 328 g/mol. The van der Waals surface area contributed by atoms with Crippen molar-refractivity contribution in [3.63, 3.8) is 0 Å². The molecule has 1 amide bonds. The number of rotatable bonds is 9. The van der Waals surface area contributed by atoms with Gasteiger partial charge >= 0.3 is 12.1 Å². The second kappa shape index (κ2) is 8.68. The Bertz CT molecular complexity index is 609. The molecule has 0 spiro atoms. The fraction of sp³-hybridized carbons (Fsp3) is 0.529. The molecule has 1 heterocycles. The lowest BCUT2D eigenvalue weighted by Crippen LogP contribution is -2.50. The van der Waals surface area contributed by atoms with Gasteiger partial charge in [-0.05, 0) is 32.0 Å². The zero-order chi connectivity index (χ0) is 18.3. The van der Waals surface area contributed by atoms with Gasteiger partial charge < -0.3 is 30.0 Å². The summed E-state index contributed by atoms with van der Waals surface area (Å²) in [6.07, 6.45) is -1.18. The van der Waals surface area contributed by atoms with E-state index >= 15 is 0 Å². The first-order chi connectivity index (χ1) is 11.9. The second-order valence-electron chi connectivity index (χ2n) is 6.11. The number of nitrogens with one attached hydrogen (secondary N) is 2. The molecule has 2 unspecified atom stereocenters. The maximum Gasteiger partial charge on any atom is 0.407 e. The van der Waals surface area contributed by atoms with E-state index in [-0.39, 0.29) is 13.2 Å². The number of ether oxygens (including phenoxy) is 3. The van der Waals surface area contributed by atoms with E-state index in [9.17, 15) is 14.7 Å². The third kappa shape index (κ3) is 5.91. The van der Waals surface area contributed by atoms with Gasteiger partial charge in [-0.3, -0.25) is 0 Å². The summed E-state index contributed by atoms with van der Waals surface area (Å²) in [5, 5.41) is 15.8. The zero-order valence-corrected chi connectivity index (χ0v) is 14.4. The van der Waals surface area contributed by atoms with Crippen LogP contribution in [0.5, 0.6) is 5.75 Å². The SMILES string of the molecule is CCOC(=O)c1cccc(OCC(O)CNCC2(C)COC(=O)N2)c1. The van der Waals surface area contributed by atoms with Gasteiger partial charge in [-0.15, -0.1) is 0 Å². The highest BCUT2D eigenvalue weighted by Crippen LogP contribution is 2.15. The van der Waals surface area contributed by atoms with Crippen LogP contribution in [0, 0.1) is 0 Å². The summed E-state index contributed by atoms with van der Waals surface area (Å²) in [5.74, 6) is 0.0669. The van der Waals surface area contributed by atoms with Crippen LogP contribution in [-0.4, -0.2) is 61.7 Å². The van der Waals surface area contributed by atoms with E-state index in [0.29, 0.717) is 31.0 Å². The summed E-state index contributed by atoms with van der Waals surface area (Å²) in [5.41, 5.74) is -0.0807. The highest BCUT2D eigenvalue weighted by Gasteiger charge is 2.34. The molecule has 8 heteroatoms. The maximum atomic E-state index is 11.7. The van der Waals surface area contributed by atoms with E-state index in [4.69, 9.17) is 14.2 Å². The molecular formula is C17H24N2O6. The van der Waals surface area contributed by atoms with Crippen LogP contribution < -0.4 is 15.4 Å². The van der Waals surface area contributed by atoms with E-state index < -0.39 is 23.7 Å². The Balaban J connectivity index is 1.73. The number of benzene rings is 1. The van der Waals surface area contributed by atoms with Crippen LogP contribution in [0.2, 0.25) is 0 Å². The first-order valence-corrected chi connectivity index (χ1v) is 8.15. The minimum Gasteiger partial charge on any atom is -0.491 e. The van der Waals surface area contributed by atoms with Crippen molar-refractivity contribution in [3.8, 4) is 5.75 Å². The molecule has 25 heavy (non-hydrogen) atoms. The minimum atomic E-state index is -0.743. The Kier molecular flexibility index (Phi) is 6.60. The topological polar surface area (TPSA) is 106 Å². The number of aliphatic hydroxyl groups is 1. The number of hydrogen-bond donors (Lipinski definition) is 3. The molecule has 1 fully saturated rings. The molecule has 138 valence electrons. The van der Waals surface area contributed by atoms with Crippen molar-refractivity contribution in [2.75, 3.05) is 32.9 Å². The van der Waals surface area contributed by atoms with Gasteiger partial charge in [0.25, 0.3) is 0 Å². The first-order valence-electron chi connectivity index (χ1n) is 8.15. The first kappa shape index (κ1) is 19.0. The van der Waals surface area contributed by atoms with Gasteiger partial charge in [-0.1, -0.05) is 6.07 Å². The van der Waals surface area contributed by atoms with Crippen LogP contribution in [0.1, 0.15) is 24.2 Å². The summed E-state index contributed by atoms with van der Waals surface area (Å²) < 4.78 is 15.3. The predicted molar refractivity (Wildman–Crippen MR) is 89.7 cm³/mol. The molecule has 0 saturated carbocycles. The van der Waals surface area contributed by atoms with Crippen molar-refractivity contribution >= 4 is 12.1 Å². The average molecular weight is 352 g/mol. The molecule has 3 N–H and O–H groups in total. The van der Waals surface area contributed by atoms with Crippen LogP contribution in [0.3, 0.4) is 0 Å². The Morgan fingerprint density at radius 3 is 3.00 bits per heavy atom. The number of alkyl carbamates (subject to hydrolysis) is 1. The molecule has 2 atom stereocenters. The minimum absolute atomic E-state index is 0.0683. The van der Waals surface area contributed by atoms with E-state index in [2.05, 4.69) is 10.6 Å². The molecule has 1 aromatic rings. The van der Waals surface area contributed by atoms with E-state index in [0.717, 1.165) is 0 Å². The molecule has 8 nitrogen and oxygen atoms in total. The fourth-order valence-electron chi connectivity index (χ4n) is 2.33. The van der Waals surface area contributed by atoms with Gasteiger partial charge in [-0.25, -0.2) is 9.59 Å². The summed E-state index contributed by atoms with van der Waals surface area (Å²) >= 11 is 0. The lowest BCUT2D eigenvalue weighted by molar-refractivity contribution is 0.0525. The van der Waals surface area contributed by atoms with Crippen molar-refractivity contribution < 1.29 is 28.9 Å². The van der Waals surface area contributed by atoms with Gasteiger partial charge in [0.05, 0.1) is 17.7 Å². The van der Waals surface area contributed by atoms with Gasteiger partial charge in [0.2, 0.25) is 0 Å². The summed E-state index contributed by atoms with van der Waals surface area (Å²) in [7, 11) is 0. The second-order valence-corrected chi connectivity index (χ2v) is 6.11. The van der Waals surface area contributed by atoms with Gasteiger partial charge in [-0.2, -0.15) is 0 Å². The molecule has 0 radical (unpaired) electrons. The molecule has 1 aromatic carbocycles. The maximum absolute atomic E-state index is 11.7. The smallest absolute Gasteiger partial charge is 0.407 e. The van der Waals surface area contributed by atoms with E-state index in [1.165, 1.54) is 0 Å². The van der Waals surface area contributed by atoms with Crippen LogP contribution in [0.25, 0.3) is 0 Å². The van der Waals surface area contributed by atoms with Crippen LogP contribution in [-0.2, 0) is 9.47 Å². The molecule has 1 aliphatic heterocycles. The molecule has 0 aromatic heterocycles. The fourth-order valence-corrected chi connectivity index (χ4v) is 2.33. The molecule has 1 saturated heterocycles. The number of aliphatic hydroxyl groups excluding tert-OH is 1. The number of carbonyl (C=O) groups is 2. The Morgan fingerprint density at radius 1 is 1.52 bits per heavy atom. The number of cyclic esters (lactones) is 1. The lowest BCUT2D eigenvalue weighted by Gasteiger charge is -2.22. The monoisotopic (exact) mass is 352 g/mol. The summed E-state index contributed by atoms with van der Waals surface area (Å²) in [4.78, 5) is 22.7. The average Bonchev–Trinajstić information content (AvgIpc) is 2.92. The lowest BCUT2D eigenvalue weighted by atomic mass is 10.1. The van der Waals surface area contributed by atoms with Crippen molar-refractivity contribution in [2.24, 2.45) is 0 Å². The number of amides is 1. The normalized spacial score (nSPS) is 20.5. The Hall–Kier alpha value is -2.32. The van der Waals surface area contributed by atoms with Crippen molar-refractivity contribution in [2.45, 2.75) is 25.5 Å². The molecule has 0 aliphatic carbocycles.